The summed E-state index contributed by atoms with van der Waals surface area (Å²) >= 11 is 6.02. The third-order valence-corrected chi connectivity index (χ3v) is 3.76. The average molecular weight is 364 g/mol. The number of ketones is 1. The molecule has 4 nitrogen and oxygen atoms in total. The number of amides is 1. The van der Waals surface area contributed by atoms with Crippen LogP contribution in [0.5, 0.6) is 5.75 Å². The third kappa shape index (κ3) is 4.57. The zero-order valence-corrected chi connectivity index (χ0v) is 15.2. The molecule has 0 saturated carbocycles. The van der Waals surface area contributed by atoms with Crippen molar-refractivity contribution in [3.05, 3.63) is 57.9 Å². The van der Waals surface area contributed by atoms with E-state index in [1.165, 1.54) is 13.0 Å². The predicted molar refractivity (Wildman–Crippen MR) is 96.3 cm³/mol. The van der Waals surface area contributed by atoms with Gasteiger partial charge in [-0.05, 0) is 63.6 Å². The van der Waals surface area contributed by atoms with Gasteiger partial charge in [0.25, 0.3) is 5.91 Å². The molecule has 0 unspecified atom stereocenters. The van der Waals surface area contributed by atoms with E-state index in [1.807, 2.05) is 0 Å². The molecular formula is C19H19ClFNO3. The molecule has 0 saturated heterocycles. The van der Waals surface area contributed by atoms with Crippen molar-refractivity contribution in [3.63, 3.8) is 0 Å². The average Bonchev–Trinajstić information content (AvgIpc) is 2.50. The molecule has 0 aliphatic rings. The van der Waals surface area contributed by atoms with Crippen LogP contribution in [0.25, 0.3) is 0 Å². The number of carbonyl (C=O) groups is 2. The smallest absolute Gasteiger partial charge is 0.255 e. The van der Waals surface area contributed by atoms with Gasteiger partial charge in [-0.1, -0.05) is 11.6 Å². The molecule has 0 aliphatic heterocycles. The minimum Gasteiger partial charge on any atom is -0.486 e. The largest absolute Gasteiger partial charge is 0.486 e. The fourth-order valence-corrected chi connectivity index (χ4v) is 2.63. The Hall–Kier alpha value is -2.40. The van der Waals surface area contributed by atoms with Crippen LogP contribution >= 0.6 is 11.6 Å². The molecule has 25 heavy (non-hydrogen) atoms. The SMILES string of the molecule is CC(=O)c1ccc(NC(=O)c2cc(F)c(OC(C)C)c(Cl)c2)cc1C. The molecule has 0 aromatic heterocycles. The van der Waals surface area contributed by atoms with Crippen molar-refractivity contribution >= 4 is 29.0 Å². The summed E-state index contributed by atoms with van der Waals surface area (Å²) in [7, 11) is 0. The zero-order valence-electron chi connectivity index (χ0n) is 14.4. The van der Waals surface area contributed by atoms with E-state index in [1.54, 1.807) is 39.0 Å². The highest BCUT2D eigenvalue weighted by Crippen LogP contribution is 2.30. The van der Waals surface area contributed by atoms with E-state index in [0.717, 1.165) is 11.6 Å². The third-order valence-electron chi connectivity index (χ3n) is 3.48. The van der Waals surface area contributed by atoms with Crippen molar-refractivity contribution in [2.45, 2.75) is 33.8 Å². The lowest BCUT2D eigenvalue weighted by Gasteiger charge is -2.14. The van der Waals surface area contributed by atoms with Crippen LogP contribution in [-0.4, -0.2) is 17.8 Å². The first kappa shape index (κ1) is 18.9. The number of carbonyl (C=O) groups excluding carboxylic acids is 2. The number of halogens is 2. The molecule has 0 spiro atoms. The molecule has 6 heteroatoms. The van der Waals surface area contributed by atoms with E-state index in [4.69, 9.17) is 16.3 Å². The minimum atomic E-state index is -0.700. The molecule has 0 atom stereocenters. The number of rotatable bonds is 5. The first-order valence-corrected chi connectivity index (χ1v) is 8.15. The van der Waals surface area contributed by atoms with Gasteiger partial charge >= 0.3 is 0 Å². The monoisotopic (exact) mass is 363 g/mol. The molecule has 0 bridgehead atoms. The summed E-state index contributed by atoms with van der Waals surface area (Å²) in [5, 5.41) is 2.69. The molecule has 1 amide bonds. The van der Waals surface area contributed by atoms with Crippen LogP contribution in [0.15, 0.2) is 30.3 Å². The maximum absolute atomic E-state index is 14.1. The van der Waals surface area contributed by atoms with Gasteiger partial charge in [-0.3, -0.25) is 9.59 Å². The molecule has 132 valence electrons. The number of hydrogen-bond donors (Lipinski definition) is 1. The van der Waals surface area contributed by atoms with Crippen molar-refractivity contribution in [1.82, 2.24) is 0 Å². The Kier molecular flexibility index (Phi) is 5.80. The number of aryl methyl sites for hydroxylation is 1. The fourth-order valence-electron chi connectivity index (χ4n) is 2.38. The molecular weight excluding hydrogens is 345 g/mol. The normalized spacial score (nSPS) is 10.7. The van der Waals surface area contributed by atoms with Gasteiger partial charge in [0.1, 0.15) is 0 Å². The molecule has 0 fully saturated rings. The summed E-state index contributed by atoms with van der Waals surface area (Å²) in [6, 6.07) is 7.38. The number of benzene rings is 2. The Balaban J connectivity index is 2.24. The number of nitrogens with one attached hydrogen (secondary N) is 1. The molecule has 0 heterocycles. The fraction of sp³-hybridized carbons (Fsp3) is 0.263. The van der Waals surface area contributed by atoms with Crippen LogP contribution in [0.3, 0.4) is 0 Å². The molecule has 0 radical (unpaired) electrons. The van der Waals surface area contributed by atoms with Crippen LogP contribution in [-0.2, 0) is 0 Å². The standard InChI is InChI=1S/C19H19ClFNO3/c1-10(2)25-18-16(20)8-13(9-17(18)21)19(24)22-14-5-6-15(12(4)23)11(3)7-14/h5-10H,1-4H3,(H,22,24). The highest BCUT2D eigenvalue weighted by atomic mass is 35.5. The maximum Gasteiger partial charge on any atom is 0.255 e. The Labute approximate surface area is 150 Å². The number of hydrogen-bond acceptors (Lipinski definition) is 3. The maximum atomic E-state index is 14.1. The Morgan fingerprint density at radius 1 is 1.20 bits per heavy atom. The summed E-state index contributed by atoms with van der Waals surface area (Å²) in [5.74, 6) is -1.33. The van der Waals surface area contributed by atoms with Gasteiger partial charge in [0.2, 0.25) is 0 Å². The van der Waals surface area contributed by atoms with E-state index in [9.17, 15) is 14.0 Å². The van der Waals surface area contributed by atoms with Gasteiger partial charge < -0.3 is 10.1 Å². The van der Waals surface area contributed by atoms with Crippen molar-refractivity contribution in [2.24, 2.45) is 0 Å². The highest BCUT2D eigenvalue weighted by molar-refractivity contribution is 6.32. The van der Waals surface area contributed by atoms with E-state index in [-0.39, 0.29) is 28.2 Å². The predicted octanol–water partition coefficient (Wildman–Crippen LogP) is 5.03. The second kappa shape index (κ2) is 7.66. The molecule has 1 N–H and O–H groups in total. The van der Waals surface area contributed by atoms with Crippen LogP contribution in [0.1, 0.15) is 47.1 Å². The van der Waals surface area contributed by atoms with E-state index >= 15 is 0 Å². The summed E-state index contributed by atoms with van der Waals surface area (Å²) in [4.78, 5) is 23.8. The lowest BCUT2D eigenvalue weighted by Crippen LogP contribution is -2.14. The summed E-state index contributed by atoms with van der Waals surface area (Å²) in [5.41, 5.74) is 1.91. The second-order valence-electron chi connectivity index (χ2n) is 5.98. The second-order valence-corrected chi connectivity index (χ2v) is 6.38. The summed E-state index contributed by atoms with van der Waals surface area (Å²) in [6.07, 6.45) is -0.241. The molecule has 2 aromatic rings. The summed E-state index contributed by atoms with van der Waals surface area (Å²) in [6.45, 7) is 6.76. The van der Waals surface area contributed by atoms with Crippen molar-refractivity contribution < 1.29 is 18.7 Å². The van der Waals surface area contributed by atoms with Crippen molar-refractivity contribution in [2.75, 3.05) is 5.32 Å². The molecule has 2 aromatic carbocycles. The minimum absolute atomic E-state index is 0.0296. The van der Waals surface area contributed by atoms with Crippen molar-refractivity contribution in [3.8, 4) is 5.75 Å². The van der Waals surface area contributed by atoms with Gasteiger partial charge in [0, 0.05) is 16.8 Å². The van der Waals surface area contributed by atoms with E-state index in [0.29, 0.717) is 11.3 Å². The van der Waals surface area contributed by atoms with Gasteiger partial charge in [0.15, 0.2) is 17.3 Å². The number of Topliss-reactive ketones (excluding diaryl/α,β-unsaturated/α-hetero) is 1. The van der Waals surface area contributed by atoms with Gasteiger partial charge in [-0.25, -0.2) is 4.39 Å². The molecule has 2 rings (SSSR count). The van der Waals surface area contributed by atoms with Crippen LogP contribution < -0.4 is 10.1 Å². The van der Waals surface area contributed by atoms with Gasteiger partial charge in [0.05, 0.1) is 11.1 Å². The Bertz CT molecular complexity index is 810. The molecule has 0 aliphatic carbocycles. The topological polar surface area (TPSA) is 55.4 Å². The van der Waals surface area contributed by atoms with Crippen LogP contribution in [0.2, 0.25) is 5.02 Å². The number of ether oxygens (including phenoxy) is 1. The first-order valence-electron chi connectivity index (χ1n) is 7.77. The zero-order chi connectivity index (χ0) is 18.7. The highest BCUT2D eigenvalue weighted by Gasteiger charge is 2.17. The van der Waals surface area contributed by atoms with Crippen LogP contribution in [0, 0.1) is 12.7 Å². The van der Waals surface area contributed by atoms with Crippen LogP contribution in [0.4, 0.5) is 10.1 Å². The lowest BCUT2D eigenvalue weighted by molar-refractivity contribution is 0.101. The van der Waals surface area contributed by atoms with Crippen molar-refractivity contribution in [1.29, 1.82) is 0 Å². The van der Waals surface area contributed by atoms with E-state index in [2.05, 4.69) is 5.32 Å². The van der Waals surface area contributed by atoms with Gasteiger partial charge in [-0.2, -0.15) is 0 Å². The summed E-state index contributed by atoms with van der Waals surface area (Å²) < 4.78 is 19.5. The first-order chi connectivity index (χ1) is 11.7. The van der Waals surface area contributed by atoms with E-state index < -0.39 is 11.7 Å². The Morgan fingerprint density at radius 3 is 2.40 bits per heavy atom. The van der Waals surface area contributed by atoms with Gasteiger partial charge in [-0.15, -0.1) is 0 Å². The number of anilines is 1. The Morgan fingerprint density at radius 2 is 1.88 bits per heavy atom. The lowest BCUT2D eigenvalue weighted by atomic mass is 10.0. The quantitative estimate of drug-likeness (QED) is 0.758.